The monoisotopic (exact) mass is 388 g/mol. The first-order valence-electron chi connectivity index (χ1n) is 8.36. The molecular weight excluding hydrogens is 368 g/mol. The summed E-state index contributed by atoms with van der Waals surface area (Å²) < 4.78 is 3.73. The smallest absolute Gasteiger partial charge is 0.174 e. The summed E-state index contributed by atoms with van der Waals surface area (Å²) >= 11 is 11.7. The molecule has 0 spiro atoms. The van der Waals surface area contributed by atoms with Gasteiger partial charge in [0.25, 0.3) is 0 Å². The van der Waals surface area contributed by atoms with Crippen LogP contribution in [0.15, 0.2) is 48.8 Å². The molecule has 1 N–H and O–H groups in total. The third-order valence-corrected chi connectivity index (χ3v) is 4.71. The Hall–Kier alpha value is -2.38. The van der Waals surface area contributed by atoms with Crippen LogP contribution < -0.4 is 5.32 Å². The summed E-state index contributed by atoms with van der Waals surface area (Å²) in [6, 6.07) is 11.6. The molecule has 2 heterocycles. The van der Waals surface area contributed by atoms with E-state index in [0.717, 1.165) is 22.8 Å². The van der Waals surface area contributed by atoms with Crippen LogP contribution in [-0.2, 0) is 19.6 Å². The molecule has 0 atom stereocenters. The van der Waals surface area contributed by atoms with Crippen LogP contribution in [0.2, 0.25) is 5.02 Å². The summed E-state index contributed by atoms with van der Waals surface area (Å²) in [5.74, 6) is 0.702. The molecule has 0 bridgehead atoms. The number of halogens is 1. The van der Waals surface area contributed by atoms with Gasteiger partial charge in [0.15, 0.2) is 10.9 Å². The van der Waals surface area contributed by atoms with Gasteiger partial charge in [0.05, 0.1) is 18.8 Å². The molecule has 1 aromatic carbocycles. The highest BCUT2D eigenvalue weighted by atomic mass is 35.5. The van der Waals surface area contributed by atoms with E-state index in [9.17, 15) is 0 Å². The first-order valence-corrected chi connectivity index (χ1v) is 9.15. The van der Waals surface area contributed by atoms with E-state index in [4.69, 9.17) is 23.8 Å². The molecule has 0 saturated carbocycles. The predicted octanol–water partition coefficient (Wildman–Crippen LogP) is 3.63. The maximum absolute atomic E-state index is 6.20. The number of anilines is 1. The Bertz CT molecular complexity index is 887. The van der Waals surface area contributed by atoms with E-state index in [-0.39, 0.29) is 0 Å². The van der Waals surface area contributed by atoms with Crippen molar-refractivity contribution in [2.24, 2.45) is 0 Å². The molecule has 0 aliphatic rings. The zero-order chi connectivity index (χ0) is 18.5. The topological polar surface area (TPSA) is 50.9 Å². The normalized spacial score (nSPS) is 10.7. The number of aromatic nitrogens is 4. The molecule has 136 valence electrons. The number of benzene rings is 1. The van der Waals surface area contributed by atoms with Crippen LogP contribution in [0, 0.1) is 0 Å². The number of rotatable bonds is 6. The van der Waals surface area contributed by atoms with Gasteiger partial charge >= 0.3 is 0 Å². The summed E-state index contributed by atoms with van der Waals surface area (Å²) in [7, 11) is 1.93. The molecule has 0 aliphatic carbocycles. The van der Waals surface area contributed by atoms with Crippen molar-refractivity contribution < 1.29 is 0 Å². The quantitative estimate of drug-likeness (QED) is 0.653. The largest absolute Gasteiger partial charge is 0.346 e. The fraction of sp³-hybridized carbons (Fsp3) is 0.278. The van der Waals surface area contributed by atoms with Crippen molar-refractivity contribution in [2.75, 3.05) is 12.4 Å². The Labute approximate surface area is 163 Å². The zero-order valence-electron chi connectivity index (χ0n) is 14.8. The average Bonchev–Trinajstić information content (AvgIpc) is 3.26. The number of aryl methyl sites for hydroxylation is 1. The highest BCUT2D eigenvalue weighted by Crippen LogP contribution is 2.16. The lowest BCUT2D eigenvalue weighted by atomic mass is 10.2. The standard InChI is InChI=1S/C18H21ClN6S/c1-3-24-10-8-15(21-24)13-23(2)18(26)20-17-9-11-25(22-17)12-14-6-4-5-7-16(14)19/h4-11H,3,12-13H2,1-2H3,(H,20,22,26). The van der Waals surface area contributed by atoms with Crippen LogP contribution in [-0.4, -0.2) is 36.6 Å². The van der Waals surface area contributed by atoms with Gasteiger partial charge in [-0.3, -0.25) is 9.36 Å². The van der Waals surface area contributed by atoms with Crippen LogP contribution in [0.25, 0.3) is 0 Å². The van der Waals surface area contributed by atoms with Crippen LogP contribution in [0.5, 0.6) is 0 Å². The molecule has 0 unspecified atom stereocenters. The minimum atomic E-state index is 0.596. The average molecular weight is 389 g/mol. The van der Waals surface area contributed by atoms with E-state index < -0.39 is 0 Å². The number of hydrogen-bond acceptors (Lipinski definition) is 3. The lowest BCUT2D eigenvalue weighted by Crippen LogP contribution is -2.31. The van der Waals surface area contributed by atoms with E-state index >= 15 is 0 Å². The first-order chi connectivity index (χ1) is 12.5. The Morgan fingerprint density at radius 2 is 1.92 bits per heavy atom. The Balaban J connectivity index is 1.57. The van der Waals surface area contributed by atoms with Crippen molar-refractivity contribution in [1.29, 1.82) is 0 Å². The number of nitrogens with one attached hydrogen (secondary N) is 1. The lowest BCUT2D eigenvalue weighted by Gasteiger charge is -2.19. The molecule has 0 aliphatic heterocycles. The molecule has 0 fully saturated rings. The van der Waals surface area contributed by atoms with Gasteiger partial charge < -0.3 is 10.2 Å². The minimum absolute atomic E-state index is 0.596. The highest BCUT2D eigenvalue weighted by Gasteiger charge is 2.10. The molecule has 3 aromatic rings. The highest BCUT2D eigenvalue weighted by molar-refractivity contribution is 7.80. The predicted molar refractivity (Wildman–Crippen MR) is 108 cm³/mol. The van der Waals surface area contributed by atoms with Gasteiger partial charge in [-0.05, 0) is 36.8 Å². The van der Waals surface area contributed by atoms with E-state index in [0.29, 0.717) is 24.0 Å². The summed E-state index contributed by atoms with van der Waals surface area (Å²) in [5, 5.41) is 13.5. The fourth-order valence-corrected chi connectivity index (χ4v) is 2.87. The first kappa shape index (κ1) is 18.4. The third kappa shape index (κ3) is 4.62. The third-order valence-electron chi connectivity index (χ3n) is 3.93. The van der Waals surface area contributed by atoms with Gasteiger partial charge in [-0.1, -0.05) is 29.8 Å². The summed E-state index contributed by atoms with van der Waals surface area (Å²) in [6.07, 6.45) is 3.87. The van der Waals surface area contributed by atoms with E-state index in [1.807, 2.05) is 70.1 Å². The van der Waals surface area contributed by atoms with Crippen molar-refractivity contribution in [2.45, 2.75) is 26.6 Å². The van der Waals surface area contributed by atoms with Crippen molar-refractivity contribution in [3.63, 3.8) is 0 Å². The molecule has 0 radical (unpaired) electrons. The number of nitrogens with zero attached hydrogens (tertiary/aromatic N) is 5. The van der Waals surface area contributed by atoms with Crippen LogP contribution in [0.3, 0.4) is 0 Å². The van der Waals surface area contributed by atoms with Crippen LogP contribution in [0.4, 0.5) is 5.82 Å². The SMILES string of the molecule is CCn1ccc(CN(C)C(=S)Nc2ccn(Cc3ccccc3Cl)n2)n1. The maximum atomic E-state index is 6.20. The van der Waals surface area contributed by atoms with Crippen molar-refractivity contribution >= 4 is 34.7 Å². The van der Waals surface area contributed by atoms with Crippen LogP contribution in [0.1, 0.15) is 18.2 Å². The van der Waals surface area contributed by atoms with Crippen LogP contribution >= 0.6 is 23.8 Å². The number of hydrogen-bond donors (Lipinski definition) is 1. The van der Waals surface area contributed by atoms with Gasteiger partial charge in [0, 0.05) is 37.1 Å². The second kappa shape index (κ2) is 8.33. The van der Waals surface area contributed by atoms with E-state index in [1.165, 1.54) is 0 Å². The van der Waals surface area contributed by atoms with Crippen molar-refractivity contribution in [1.82, 2.24) is 24.5 Å². The zero-order valence-corrected chi connectivity index (χ0v) is 16.3. The molecule has 26 heavy (non-hydrogen) atoms. The minimum Gasteiger partial charge on any atom is -0.346 e. The van der Waals surface area contributed by atoms with Gasteiger partial charge in [0.1, 0.15) is 0 Å². The fourth-order valence-electron chi connectivity index (χ4n) is 2.50. The summed E-state index contributed by atoms with van der Waals surface area (Å²) in [4.78, 5) is 1.94. The van der Waals surface area contributed by atoms with E-state index in [1.54, 1.807) is 0 Å². The van der Waals surface area contributed by atoms with Crippen molar-refractivity contribution in [3.8, 4) is 0 Å². The summed E-state index contributed by atoms with van der Waals surface area (Å²) in [5.41, 5.74) is 2.00. The molecular formula is C18H21ClN6S. The lowest BCUT2D eigenvalue weighted by molar-refractivity contribution is 0.491. The second-order valence-electron chi connectivity index (χ2n) is 5.94. The Morgan fingerprint density at radius 3 is 2.65 bits per heavy atom. The number of thiocarbonyl (C=S) groups is 1. The molecule has 6 nitrogen and oxygen atoms in total. The van der Waals surface area contributed by atoms with Crippen molar-refractivity contribution in [3.05, 3.63) is 65.1 Å². The van der Waals surface area contributed by atoms with Gasteiger partial charge in [-0.15, -0.1) is 0 Å². The second-order valence-corrected chi connectivity index (χ2v) is 6.73. The summed E-state index contributed by atoms with van der Waals surface area (Å²) in [6.45, 7) is 4.17. The molecule has 3 rings (SSSR count). The van der Waals surface area contributed by atoms with Gasteiger partial charge in [-0.25, -0.2) is 0 Å². The Morgan fingerprint density at radius 1 is 1.15 bits per heavy atom. The molecule has 8 heteroatoms. The molecule has 0 saturated heterocycles. The van der Waals surface area contributed by atoms with E-state index in [2.05, 4.69) is 22.4 Å². The van der Waals surface area contributed by atoms with Gasteiger partial charge in [0.2, 0.25) is 0 Å². The molecule has 0 amide bonds. The van der Waals surface area contributed by atoms with Gasteiger partial charge in [-0.2, -0.15) is 10.2 Å². The maximum Gasteiger partial charge on any atom is 0.174 e. The Kier molecular flexibility index (Phi) is 5.90. The molecule has 2 aromatic heterocycles.